The number of fused-ring (bicyclic) bond motifs is 1. The van der Waals surface area contributed by atoms with Gasteiger partial charge in [-0.1, -0.05) is 23.9 Å². The monoisotopic (exact) mass is 486 g/mol. The van der Waals surface area contributed by atoms with Crippen LogP contribution in [0.1, 0.15) is 20.3 Å². The van der Waals surface area contributed by atoms with Gasteiger partial charge < -0.3 is 14.8 Å². The largest absolute Gasteiger partial charge is 0.496 e. The van der Waals surface area contributed by atoms with E-state index in [1.54, 1.807) is 28.8 Å². The molecule has 1 N–H and O–H groups in total. The molecule has 0 fully saturated rings. The molecule has 0 spiro atoms. The Morgan fingerprint density at radius 3 is 2.74 bits per heavy atom. The highest BCUT2D eigenvalue weighted by Gasteiger charge is 2.18. The fourth-order valence-corrected chi connectivity index (χ4v) is 4.03. The van der Waals surface area contributed by atoms with Crippen LogP contribution in [0.4, 0.5) is 11.4 Å². The molecule has 0 saturated carbocycles. The molecule has 0 atom stereocenters. The lowest BCUT2D eigenvalue weighted by Crippen LogP contribution is -2.25. The number of hydrogen-bond donors (Lipinski definition) is 1. The maximum absolute atomic E-state index is 13.1. The molecule has 2 aromatic carbocycles. The van der Waals surface area contributed by atoms with E-state index in [1.165, 1.54) is 25.3 Å². The van der Waals surface area contributed by atoms with E-state index in [-0.39, 0.29) is 28.8 Å². The fourth-order valence-electron chi connectivity index (χ4n) is 3.21. The Bertz CT molecular complexity index is 1240. The van der Waals surface area contributed by atoms with Crippen molar-refractivity contribution >= 4 is 39.9 Å². The molecule has 180 valence electrons. The van der Waals surface area contributed by atoms with Gasteiger partial charge in [-0.05, 0) is 44.5 Å². The van der Waals surface area contributed by atoms with Crippen molar-refractivity contribution < 1.29 is 19.2 Å². The van der Waals surface area contributed by atoms with E-state index in [9.17, 15) is 19.7 Å². The molecule has 1 aromatic heterocycles. The van der Waals surface area contributed by atoms with Crippen molar-refractivity contribution in [2.75, 3.05) is 24.8 Å². The molecule has 10 nitrogen and oxygen atoms in total. The number of nitrogens with zero attached hydrogens (tertiary/aromatic N) is 3. The first-order chi connectivity index (χ1) is 16.3. The third-order valence-electron chi connectivity index (χ3n) is 4.81. The number of thioether (sulfide) groups is 1. The lowest BCUT2D eigenvalue weighted by atomic mass is 10.2. The highest BCUT2D eigenvalue weighted by atomic mass is 32.2. The van der Waals surface area contributed by atoms with Gasteiger partial charge in [0.2, 0.25) is 5.91 Å². The van der Waals surface area contributed by atoms with Crippen LogP contribution in [0.3, 0.4) is 0 Å². The topological polar surface area (TPSA) is 126 Å². The minimum atomic E-state index is -0.590. The molecule has 0 aliphatic carbocycles. The van der Waals surface area contributed by atoms with Crippen molar-refractivity contribution in [3.63, 3.8) is 0 Å². The number of amides is 1. The second kappa shape index (κ2) is 11.6. The van der Waals surface area contributed by atoms with Crippen LogP contribution in [-0.2, 0) is 16.1 Å². The smallest absolute Gasteiger partial charge is 0.296 e. The van der Waals surface area contributed by atoms with Crippen LogP contribution in [0.5, 0.6) is 5.75 Å². The van der Waals surface area contributed by atoms with E-state index in [4.69, 9.17) is 9.47 Å². The predicted molar refractivity (Wildman–Crippen MR) is 131 cm³/mol. The molecule has 0 bridgehead atoms. The summed E-state index contributed by atoms with van der Waals surface area (Å²) in [5, 5.41) is 14.8. The number of hydrogen-bond acceptors (Lipinski definition) is 8. The number of para-hydroxylation sites is 1. The molecule has 11 heteroatoms. The number of nitro benzene ring substituents is 1. The maximum Gasteiger partial charge on any atom is 0.296 e. The second-order valence-electron chi connectivity index (χ2n) is 7.62. The van der Waals surface area contributed by atoms with E-state index in [1.807, 2.05) is 13.8 Å². The number of carbonyl (C=O) groups excluding carboxylic acids is 1. The Balaban J connectivity index is 1.78. The van der Waals surface area contributed by atoms with Crippen LogP contribution < -0.4 is 15.6 Å². The summed E-state index contributed by atoms with van der Waals surface area (Å²) < 4.78 is 12.1. The first-order valence-corrected chi connectivity index (χ1v) is 11.6. The molecule has 0 saturated heterocycles. The van der Waals surface area contributed by atoms with Gasteiger partial charge in [-0.2, -0.15) is 0 Å². The van der Waals surface area contributed by atoms with E-state index >= 15 is 0 Å². The van der Waals surface area contributed by atoms with Gasteiger partial charge in [0.25, 0.3) is 11.2 Å². The van der Waals surface area contributed by atoms with Crippen LogP contribution in [0.15, 0.2) is 52.4 Å². The number of ether oxygens (including phenoxy) is 2. The van der Waals surface area contributed by atoms with Crippen molar-refractivity contribution in [1.29, 1.82) is 0 Å². The number of anilines is 1. The van der Waals surface area contributed by atoms with Gasteiger partial charge in [0.05, 0.1) is 40.9 Å². The summed E-state index contributed by atoms with van der Waals surface area (Å²) in [6, 6.07) is 11.2. The number of aromatic nitrogens is 2. The summed E-state index contributed by atoms with van der Waals surface area (Å²) in [5.41, 5.74) is 0.134. The predicted octanol–water partition coefficient (Wildman–Crippen LogP) is 3.86. The van der Waals surface area contributed by atoms with Crippen molar-refractivity contribution in [3.05, 3.63) is 62.9 Å². The molecule has 34 heavy (non-hydrogen) atoms. The number of rotatable bonds is 11. The first-order valence-electron chi connectivity index (χ1n) is 10.7. The van der Waals surface area contributed by atoms with Crippen molar-refractivity contribution in [1.82, 2.24) is 9.55 Å². The highest BCUT2D eigenvalue weighted by molar-refractivity contribution is 7.99. The third-order valence-corrected chi connectivity index (χ3v) is 5.79. The fraction of sp³-hybridized carbons (Fsp3) is 0.348. The van der Waals surface area contributed by atoms with Crippen molar-refractivity contribution in [2.45, 2.75) is 38.1 Å². The van der Waals surface area contributed by atoms with Crippen LogP contribution in [0.25, 0.3) is 10.9 Å². The van der Waals surface area contributed by atoms with Crippen LogP contribution in [0, 0.1) is 10.1 Å². The Morgan fingerprint density at radius 1 is 1.26 bits per heavy atom. The summed E-state index contributed by atoms with van der Waals surface area (Å²) in [5.74, 6) is -0.239. The standard InChI is InChI=1S/C23H26N4O6S/c1-15(2)33-12-6-11-26-22(29)17-7-4-5-8-18(17)25-23(26)34-14-21(28)24-19-10-9-16(32-3)13-20(19)27(30)31/h4-5,7-10,13,15H,6,11-12,14H2,1-3H3,(H,24,28). The number of nitrogens with one attached hydrogen (secondary N) is 1. The quantitative estimate of drug-likeness (QED) is 0.142. The number of carbonyl (C=O) groups is 1. The van der Waals surface area contributed by atoms with Crippen LogP contribution in [0.2, 0.25) is 0 Å². The highest BCUT2D eigenvalue weighted by Crippen LogP contribution is 2.29. The molecule has 0 unspecified atom stereocenters. The zero-order chi connectivity index (χ0) is 24.7. The van der Waals surface area contributed by atoms with Crippen LogP contribution >= 0.6 is 11.8 Å². The Kier molecular flexibility index (Phi) is 8.61. The third kappa shape index (κ3) is 6.33. The van der Waals surface area contributed by atoms with Gasteiger partial charge in [-0.3, -0.25) is 24.3 Å². The van der Waals surface area contributed by atoms with Gasteiger partial charge in [-0.25, -0.2) is 4.98 Å². The van der Waals surface area contributed by atoms with Crippen LogP contribution in [-0.4, -0.2) is 46.0 Å². The minimum Gasteiger partial charge on any atom is -0.496 e. The lowest BCUT2D eigenvalue weighted by Gasteiger charge is -2.14. The van der Waals surface area contributed by atoms with E-state index in [0.717, 1.165) is 11.8 Å². The van der Waals surface area contributed by atoms with Gasteiger partial charge >= 0.3 is 0 Å². The van der Waals surface area contributed by atoms with Crippen molar-refractivity contribution in [3.8, 4) is 5.75 Å². The van der Waals surface area contributed by atoms with E-state index in [2.05, 4.69) is 10.3 Å². The Hall–Kier alpha value is -3.44. The average Bonchev–Trinajstić information content (AvgIpc) is 2.81. The molecular formula is C23H26N4O6S. The van der Waals surface area contributed by atoms with Crippen molar-refractivity contribution in [2.24, 2.45) is 0 Å². The molecular weight excluding hydrogens is 460 g/mol. The average molecular weight is 487 g/mol. The molecule has 0 aliphatic heterocycles. The van der Waals surface area contributed by atoms with Gasteiger partial charge in [-0.15, -0.1) is 0 Å². The summed E-state index contributed by atoms with van der Waals surface area (Å²) in [7, 11) is 1.40. The van der Waals surface area contributed by atoms with E-state index < -0.39 is 10.8 Å². The molecule has 1 heterocycles. The first kappa shape index (κ1) is 25.2. The molecule has 3 rings (SSSR count). The molecule has 0 radical (unpaired) electrons. The van der Waals surface area contributed by atoms with Gasteiger partial charge in [0.1, 0.15) is 11.4 Å². The van der Waals surface area contributed by atoms with Gasteiger partial charge in [0.15, 0.2) is 5.16 Å². The second-order valence-corrected chi connectivity index (χ2v) is 8.56. The normalized spacial score (nSPS) is 11.1. The Morgan fingerprint density at radius 2 is 2.03 bits per heavy atom. The zero-order valence-corrected chi connectivity index (χ0v) is 20.0. The SMILES string of the molecule is COc1ccc(NC(=O)CSc2nc3ccccc3c(=O)n2CCCOC(C)C)c([N+](=O)[O-])c1. The molecule has 3 aromatic rings. The minimum absolute atomic E-state index is 0.0612. The number of nitro groups is 1. The maximum atomic E-state index is 13.1. The molecule has 0 aliphatic rings. The zero-order valence-electron chi connectivity index (χ0n) is 19.1. The summed E-state index contributed by atoms with van der Waals surface area (Å²) in [6.07, 6.45) is 0.696. The lowest BCUT2D eigenvalue weighted by molar-refractivity contribution is -0.384. The van der Waals surface area contributed by atoms with Gasteiger partial charge in [0, 0.05) is 13.2 Å². The summed E-state index contributed by atoms with van der Waals surface area (Å²) in [6.45, 7) is 4.76. The summed E-state index contributed by atoms with van der Waals surface area (Å²) >= 11 is 1.09. The Labute approximate surface area is 200 Å². The molecule has 1 amide bonds. The van der Waals surface area contributed by atoms with E-state index in [0.29, 0.717) is 41.4 Å². The number of methoxy groups -OCH3 is 1. The number of benzene rings is 2. The summed E-state index contributed by atoms with van der Waals surface area (Å²) in [4.78, 5) is 41.0.